The van der Waals surface area contributed by atoms with E-state index >= 15 is 0 Å². The number of nitrogens with zero attached hydrogens (tertiary/aromatic N) is 10. The number of pyridine rings is 2. The van der Waals surface area contributed by atoms with Crippen molar-refractivity contribution in [3.8, 4) is 11.5 Å². The number of piperidine rings is 2. The summed E-state index contributed by atoms with van der Waals surface area (Å²) < 4.78 is 38.7. The van der Waals surface area contributed by atoms with Crippen LogP contribution in [0.25, 0.3) is 0 Å². The van der Waals surface area contributed by atoms with Crippen LogP contribution < -0.4 is 39.7 Å². The van der Waals surface area contributed by atoms with Gasteiger partial charge in [-0.3, -0.25) is 20.4 Å². The van der Waals surface area contributed by atoms with Crippen molar-refractivity contribution in [3.05, 3.63) is 60.7 Å². The lowest BCUT2D eigenvalue weighted by molar-refractivity contribution is -0.141. The molecule has 0 unspecified atom stereocenters. The van der Waals surface area contributed by atoms with Gasteiger partial charge in [-0.05, 0) is 77.6 Å². The summed E-state index contributed by atoms with van der Waals surface area (Å²) in [4.78, 5) is 82.5. The minimum absolute atomic E-state index is 0.0860. The van der Waals surface area contributed by atoms with E-state index in [9.17, 15) is 24.3 Å². The number of methoxy groups -OCH3 is 1. The van der Waals surface area contributed by atoms with E-state index in [0.29, 0.717) is 85.7 Å². The number of nitrogens with one attached hydrogen (secondary N) is 2. The Morgan fingerprint density at radius 3 is 1.55 bits per heavy atom. The van der Waals surface area contributed by atoms with Crippen LogP contribution in [0, 0.1) is 0 Å². The van der Waals surface area contributed by atoms with E-state index in [1.807, 2.05) is 27.7 Å². The highest BCUT2D eigenvalue weighted by Crippen LogP contribution is 2.39. The third-order valence-electron chi connectivity index (χ3n) is 12.1. The minimum Gasteiger partial charge on any atom is -0.489 e. The number of carbonyl (C=O) groups excluding carboxylic acids is 3. The number of anilines is 6. The summed E-state index contributed by atoms with van der Waals surface area (Å²) >= 11 is 0. The summed E-state index contributed by atoms with van der Waals surface area (Å²) in [7, 11) is 1.27. The number of carbonyl (C=O) groups is 4. The second-order valence-electron chi connectivity index (χ2n) is 18.0. The molecule has 4 fully saturated rings. The first-order valence-corrected chi connectivity index (χ1v) is 22.7. The summed E-state index contributed by atoms with van der Waals surface area (Å²) in [6.45, 7) is 12.0. The smallest absolute Gasteiger partial charge is 0.376 e. The molecule has 4 aromatic rings. The quantitative estimate of drug-likeness (QED) is 0.187. The molecular formula is C45H54N12O12. The molecule has 3 N–H and O–H groups in total. The zero-order chi connectivity index (χ0) is 48.5. The van der Waals surface area contributed by atoms with E-state index in [-0.39, 0.29) is 42.0 Å². The average Bonchev–Trinajstić information content (AvgIpc) is 3.89. The fourth-order valence-corrected chi connectivity index (χ4v) is 8.95. The largest absolute Gasteiger partial charge is 0.489 e. The molecule has 4 aromatic heterocycles. The van der Waals surface area contributed by atoms with Crippen molar-refractivity contribution in [2.75, 3.05) is 89.9 Å². The number of hydrogen-bond donors (Lipinski definition) is 3. The molecule has 10 heterocycles. The highest BCUT2D eigenvalue weighted by molar-refractivity contribution is 6.05. The summed E-state index contributed by atoms with van der Waals surface area (Å²) in [5.74, 6) is -1.09. The molecule has 69 heavy (non-hydrogen) atoms. The number of aromatic nitrogens is 6. The monoisotopic (exact) mass is 954 g/mol. The zero-order valence-electron chi connectivity index (χ0n) is 38.8. The Morgan fingerprint density at radius 1 is 0.681 bits per heavy atom. The lowest BCUT2D eigenvalue weighted by Gasteiger charge is -2.45. The van der Waals surface area contributed by atoms with Crippen molar-refractivity contribution in [1.82, 2.24) is 29.9 Å². The van der Waals surface area contributed by atoms with Crippen LogP contribution in [0.1, 0.15) is 74.6 Å². The number of carboxylic acid groups (broad SMARTS) is 1. The van der Waals surface area contributed by atoms with E-state index in [0.717, 1.165) is 38.8 Å². The first kappa shape index (κ1) is 47.1. The number of fused-ring (bicyclic) bond motifs is 8. The van der Waals surface area contributed by atoms with E-state index in [1.54, 1.807) is 41.6 Å². The van der Waals surface area contributed by atoms with Crippen LogP contribution in [0.3, 0.4) is 0 Å². The zero-order valence-corrected chi connectivity index (χ0v) is 38.8. The molecule has 4 amide bonds. The fraction of sp³-hybridized carbons (Fsp3) is 0.511. The van der Waals surface area contributed by atoms with Gasteiger partial charge in [0.25, 0.3) is 0 Å². The maximum atomic E-state index is 13.3. The number of ether oxygens (including phenoxy) is 7. The van der Waals surface area contributed by atoms with Crippen molar-refractivity contribution in [2.45, 2.75) is 89.2 Å². The summed E-state index contributed by atoms with van der Waals surface area (Å²) in [5, 5.41) is 14.9. The fourth-order valence-electron chi connectivity index (χ4n) is 8.95. The van der Waals surface area contributed by atoms with Gasteiger partial charge in [0.1, 0.15) is 48.6 Å². The van der Waals surface area contributed by atoms with E-state index in [2.05, 4.69) is 50.3 Å². The molecule has 0 aromatic carbocycles. The number of esters is 1. The van der Waals surface area contributed by atoms with E-state index in [4.69, 9.17) is 33.2 Å². The molecule has 4 saturated heterocycles. The van der Waals surface area contributed by atoms with Crippen LogP contribution in [-0.2, 0) is 23.7 Å². The van der Waals surface area contributed by atoms with Gasteiger partial charge in [0, 0.05) is 26.2 Å². The van der Waals surface area contributed by atoms with Crippen molar-refractivity contribution < 1.29 is 57.4 Å². The summed E-state index contributed by atoms with van der Waals surface area (Å²) in [6.07, 6.45) is 9.24. The standard InChI is InChI=1S/C23H28N6O6.C22H26N6O6/c1-23(2)34-13-16(35-23)12-33-15-6-7-18(24-9-15)26-22(31)29-14-5-4-8-28(11-14)17-10-25-19(21(30)32-3)27-20(17)29;1-22(2)33-12-15(34-22)11-32-14-5-6-17(23-8-14)25-21(31)28-13-4-3-7-27(10-13)16-9-24-18(20(29)30)26-19(16)28/h6-7,9-10,14,16H,4-5,8,11-13H2,1-3H3,(H,24,26,31);5-6,8-9,13,15H,3-4,7,10-12H2,1-2H3,(H,29,30)(H,23,25,31)/t14-,16+;13-,15+/m00/s1. The summed E-state index contributed by atoms with van der Waals surface area (Å²) in [5.41, 5.74) is 1.36. The summed E-state index contributed by atoms with van der Waals surface area (Å²) in [6, 6.07) is 5.73. The highest BCUT2D eigenvalue weighted by Gasteiger charge is 2.41. The van der Waals surface area contributed by atoms with Crippen molar-refractivity contribution in [3.63, 3.8) is 0 Å². The molecule has 0 spiro atoms. The molecular weight excluding hydrogens is 901 g/mol. The molecule has 0 aliphatic carbocycles. The van der Waals surface area contributed by atoms with Gasteiger partial charge >= 0.3 is 24.0 Å². The van der Waals surface area contributed by atoms with Gasteiger partial charge in [-0.2, -0.15) is 0 Å². The predicted molar refractivity (Wildman–Crippen MR) is 245 cm³/mol. The average molecular weight is 955 g/mol. The number of carboxylic acids is 1. The van der Waals surface area contributed by atoms with Crippen molar-refractivity contribution in [1.29, 1.82) is 0 Å². The lowest BCUT2D eigenvalue weighted by atomic mass is 10.0. The van der Waals surface area contributed by atoms with Gasteiger partial charge in [-0.25, -0.2) is 49.1 Å². The van der Waals surface area contributed by atoms with Gasteiger partial charge in [0.2, 0.25) is 11.6 Å². The number of urea groups is 2. The molecule has 24 nitrogen and oxygen atoms in total. The van der Waals surface area contributed by atoms with Crippen LogP contribution in [0.2, 0.25) is 0 Å². The first-order chi connectivity index (χ1) is 33.1. The second-order valence-corrected chi connectivity index (χ2v) is 18.0. The van der Waals surface area contributed by atoms with Crippen LogP contribution in [0.5, 0.6) is 11.5 Å². The van der Waals surface area contributed by atoms with Crippen LogP contribution in [0.15, 0.2) is 49.1 Å². The molecule has 6 aliphatic heterocycles. The lowest BCUT2D eigenvalue weighted by Crippen LogP contribution is -2.56. The SMILES string of the molecule is CC1(C)OC[C@@H](COc2ccc(NC(=O)N3c4nc(C(=O)O)ncc4N4CCC[C@H]3C4)nc2)O1.COC(=O)c1ncc2c(n1)N(C(=O)Nc1ccc(OC[C@@H]3COC(C)(C)O3)cn1)[C@H]1CCCN2C1. The predicted octanol–water partition coefficient (Wildman–Crippen LogP) is 4.33. The Kier molecular flexibility index (Phi) is 13.3. The van der Waals surface area contributed by atoms with Gasteiger partial charge < -0.3 is 48.1 Å². The maximum absolute atomic E-state index is 13.3. The van der Waals surface area contributed by atoms with Crippen LogP contribution in [-0.4, -0.2) is 155 Å². The molecule has 4 bridgehead atoms. The molecule has 10 rings (SSSR count). The van der Waals surface area contributed by atoms with E-state index in [1.165, 1.54) is 24.4 Å². The molecule has 24 heteroatoms. The number of rotatable bonds is 10. The normalized spacial score (nSPS) is 22.6. The Bertz CT molecular complexity index is 2550. The topological polar surface area (TPSA) is 267 Å². The van der Waals surface area contributed by atoms with Gasteiger partial charge in [-0.15, -0.1) is 0 Å². The molecule has 0 saturated carbocycles. The third kappa shape index (κ3) is 10.7. The number of aromatic carboxylic acids is 1. The van der Waals surface area contributed by atoms with Crippen LogP contribution in [0.4, 0.5) is 44.2 Å². The maximum Gasteiger partial charge on any atom is 0.376 e. The Balaban J connectivity index is 0.000000172. The molecule has 6 aliphatic rings. The number of hydrogen-bond acceptors (Lipinski definition) is 19. The van der Waals surface area contributed by atoms with Gasteiger partial charge in [-0.1, -0.05) is 0 Å². The Hall–Kier alpha value is -7.02. The highest BCUT2D eigenvalue weighted by atomic mass is 16.8. The van der Waals surface area contributed by atoms with Crippen molar-refractivity contribution >= 4 is 58.6 Å². The second kappa shape index (κ2) is 19.5. The molecule has 366 valence electrons. The van der Waals surface area contributed by atoms with Gasteiger partial charge in [0.15, 0.2) is 23.2 Å². The van der Waals surface area contributed by atoms with Gasteiger partial charge in [0.05, 0.1) is 68.6 Å². The number of amides is 4. The van der Waals surface area contributed by atoms with E-state index < -0.39 is 29.5 Å². The molecule has 0 radical (unpaired) electrons. The Morgan fingerprint density at radius 2 is 1.14 bits per heavy atom. The first-order valence-electron chi connectivity index (χ1n) is 22.7. The minimum atomic E-state index is -1.25. The Labute approximate surface area is 396 Å². The van der Waals surface area contributed by atoms with Crippen LogP contribution >= 0.6 is 0 Å². The molecule has 4 atom stereocenters. The van der Waals surface area contributed by atoms with Crippen molar-refractivity contribution in [2.24, 2.45) is 0 Å². The third-order valence-corrected chi connectivity index (χ3v) is 12.1.